The highest BCUT2D eigenvalue weighted by Gasteiger charge is 1.95. The first-order valence-electron chi connectivity index (χ1n) is 8.56. The molecule has 2 rings (SSSR count). The van der Waals surface area contributed by atoms with Gasteiger partial charge in [-0.25, -0.2) is 4.39 Å². The summed E-state index contributed by atoms with van der Waals surface area (Å²) in [4.78, 5) is 0. The lowest BCUT2D eigenvalue weighted by Gasteiger charge is -2.06. The lowest BCUT2D eigenvalue weighted by molar-refractivity contribution is 0.0325. The monoisotopic (exact) mass is 357 g/mol. The summed E-state index contributed by atoms with van der Waals surface area (Å²) in [6.07, 6.45) is 4.01. The molecule has 0 radical (unpaired) electrons. The van der Waals surface area contributed by atoms with Crippen LogP contribution in [-0.4, -0.2) is 46.8 Å². The highest BCUT2D eigenvalue weighted by molar-refractivity contribution is 5.69. The van der Waals surface area contributed by atoms with Gasteiger partial charge in [0, 0.05) is 18.3 Å². The molecule has 0 atom stereocenters. The maximum atomic E-state index is 11.8. The molecule has 0 fully saturated rings. The van der Waals surface area contributed by atoms with Crippen LogP contribution in [0.25, 0.3) is 12.2 Å². The molecule has 0 saturated heterocycles. The number of nitrogens with one attached hydrogen (secondary N) is 1. The second kappa shape index (κ2) is 11.9. The van der Waals surface area contributed by atoms with E-state index in [9.17, 15) is 4.39 Å². The smallest absolute Gasteiger partial charge is 0.170 e. The number of hydrogen-bond acceptors (Lipinski definition) is 4. The second-order valence-corrected chi connectivity index (χ2v) is 5.37. The van der Waals surface area contributed by atoms with E-state index < -0.39 is 6.67 Å². The van der Waals surface area contributed by atoms with Crippen molar-refractivity contribution in [3.05, 3.63) is 59.7 Å². The van der Waals surface area contributed by atoms with Crippen LogP contribution in [-0.2, 0) is 9.47 Å². The molecule has 4 nitrogen and oxygen atoms in total. The molecule has 0 aromatic heterocycles. The average Bonchev–Trinajstić information content (AvgIpc) is 2.69. The first-order chi connectivity index (χ1) is 12.8. The Kier molecular flexibility index (Phi) is 9.06. The predicted molar refractivity (Wildman–Crippen MR) is 102 cm³/mol. The van der Waals surface area contributed by atoms with E-state index >= 15 is 0 Å². The van der Waals surface area contributed by atoms with Crippen LogP contribution >= 0.6 is 0 Å². The van der Waals surface area contributed by atoms with Crippen molar-refractivity contribution in [2.75, 3.05) is 52.1 Å². The van der Waals surface area contributed by atoms with Gasteiger partial charge in [0.15, 0.2) is 5.75 Å². The van der Waals surface area contributed by atoms with Gasteiger partial charge in [-0.1, -0.05) is 24.3 Å². The SMILES string of the molecule is CNc1ccc(/C=C/c2c#cc(OCCOCCOCCF)cc2)cc1. The normalized spacial score (nSPS) is 10.7. The van der Waals surface area contributed by atoms with Crippen LogP contribution < -0.4 is 10.1 Å². The predicted octanol–water partition coefficient (Wildman–Crippen LogP) is 3.88. The minimum atomic E-state index is -0.469. The summed E-state index contributed by atoms with van der Waals surface area (Å²) in [6, 6.07) is 18.0. The van der Waals surface area contributed by atoms with Crippen molar-refractivity contribution < 1.29 is 18.6 Å². The number of ether oxygens (including phenoxy) is 3. The number of hydrogen-bond donors (Lipinski definition) is 1. The zero-order valence-electron chi connectivity index (χ0n) is 15.0. The van der Waals surface area contributed by atoms with E-state index in [-0.39, 0.29) is 6.61 Å². The summed E-state index contributed by atoms with van der Waals surface area (Å²) in [5.74, 6) is 0.623. The van der Waals surface area contributed by atoms with Crippen molar-refractivity contribution in [2.24, 2.45) is 0 Å². The summed E-state index contributed by atoms with van der Waals surface area (Å²) in [6.45, 7) is 1.33. The molecule has 0 unspecified atom stereocenters. The molecule has 0 bridgehead atoms. The minimum absolute atomic E-state index is 0.118. The van der Waals surface area contributed by atoms with Crippen LogP contribution in [0.3, 0.4) is 0 Å². The summed E-state index contributed by atoms with van der Waals surface area (Å²) in [7, 11) is 1.90. The van der Waals surface area contributed by atoms with Gasteiger partial charge in [-0.2, -0.15) is 0 Å². The molecule has 0 heterocycles. The molecule has 5 heteroatoms. The zero-order chi connectivity index (χ0) is 18.5. The fourth-order valence-corrected chi connectivity index (χ4v) is 2.10. The quantitative estimate of drug-likeness (QED) is 0.585. The molecule has 0 aliphatic heterocycles. The first kappa shape index (κ1) is 19.8. The Bertz CT molecular complexity index is 641. The number of rotatable bonds is 12. The van der Waals surface area contributed by atoms with E-state index in [4.69, 9.17) is 14.2 Å². The van der Waals surface area contributed by atoms with Crippen LogP contribution in [0, 0.1) is 12.1 Å². The Morgan fingerprint density at radius 3 is 2.27 bits per heavy atom. The van der Waals surface area contributed by atoms with Crippen LogP contribution in [0.1, 0.15) is 11.1 Å². The van der Waals surface area contributed by atoms with Crippen LogP contribution in [0.2, 0.25) is 0 Å². The van der Waals surface area contributed by atoms with Crippen molar-refractivity contribution in [1.82, 2.24) is 0 Å². The van der Waals surface area contributed by atoms with E-state index in [0.29, 0.717) is 32.2 Å². The van der Waals surface area contributed by atoms with Crippen LogP contribution in [0.4, 0.5) is 10.1 Å². The fourth-order valence-electron chi connectivity index (χ4n) is 2.10. The van der Waals surface area contributed by atoms with Crippen LogP contribution in [0.5, 0.6) is 5.75 Å². The van der Waals surface area contributed by atoms with E-state index in [2.05, 4.69) is 17.4 Å². The molecule has 0 spiro atoms. The maximum Gasteiger partial charge on any atom is 0.170 e. The Balaban J connectivity index is 1.68. The summed E-state index contributed by atoms with van der Waals surface area (Å²) in [5, 5.41) is 3.09. The molecular weight excluding hydrogens is 333 g/mol. The number of anilines is 1. The Labute approximate surface area is 154 Å². The van der Waals surface area contributed by atoms with E-state index in [0.717, 1.165) is 16.8 Å². The molecule has 2 aromatic carbocycles. The van der Waals surface area contributed by atoms with E-state index in [1.54, 1.807) is 0 Å². The third kappa shape index (κ3) is 7.56. The molecule has 26 heavy (non-hydrogen) atoms. The molecule has 0 aliphatic carbocycles. The third-order valence-electron chi connectivity index (χ3n) is 3.48. The van der Waals surface area contributed by atoms with Gasteiger partial charge in [0.25, 0.3) is 0 Å². The van der Waals surface area contributed by atoms with Gasteiger partial charge in [-0.05, 0) is 42.0 Å². The van der Waals surface area contributed by atoms with Gasteiger partial charge in [0.05, 0.1) is 26.4 Å². The Morgan fingerprint density at radius 1 is 0.885 bits per heavy atom. The van der Waals surface area contributed by atoms with Gasteiger partial charge < -0.3 is 19.5 Å². The number of benzene rings is 1. The van der Waals surface area contributed by atoms with Gasteiger partial charge >= 0.3 is 0 Å². The average molecular weight is 357 g/mol. The Hall–Kier alpha value is -2.55. The van der Waals surface area contributed by atoms with Gasteiger partial charge in [0.1, 0.15) is 13.3 Å². The van der Waals surface area contributed by atoms with Crippen molar-refractivity contribution >= 4 is 17.8 Å². The maximum absolute atomic E-state index is 11.8. The Morgan fingerprint density at radius 2 is 1.62 bits per heavy atom. The highest BCUT2D eigenvalue weighted by Crippen LogP contribution is 2.13. The third-order valence-corrected chi connectivity index (χ3v) is 3.48. The molecule has 0 aliphatic rings. The molecule has 2 aromatic rings. The molecule has 1 N–H and O–H groups in total. The molecule has 0 saturated carbocycles. The summed E-state index contributed by atoms with van der Waals surface area (Å²) >= 11 is 0. The van der Waals surface area contributed by atoms with E-state index in [1.165, 1.54) is 0 Å². The minimum Gasteiger partial charge on any atom is -0.483 e. The summed E-state index contributed by atoms with van der Waals surface area (Å²) < 4.78 is 27.6. The fraction of sp³-hybridized carbons (Fsp3) is 0.333. The lowest BCUT2D eigenvalue weighted by atomic mass is 10.1. The van der Waals surface area contributed by atoms with E-state index in [1.807, 2.05) is 55.6 Å². The second-order valence-electron chi connectivity index (χ2n) is 5.37. The van der Waals surface area contributed by atoms with Crippen molar-refractivity contribution in [1.29, 1.82) is 0 Å². The van der Waals surface area contributed by atoms with Crippen molar-refractivity contribution in [3.8, 4) is 5.75 Å². The lowest BCUT2D eigenvalue weighted by Crippen LogP contribution is -2.11. The highest BCUT2D eigenvalue weighted by atomic mass is 19.1. The number of alkyl halides is 1. The summed E-state index contributed by atoms with van der Waals surface area (Å²) in [5.41, 5.74) is 3.13. The standard InChI is InChI=1S/C21H24FNO3/c1-23-20-8-4-18(5-9-20)2-3-19-6-10-21(11-7-19)26-17-16-25-15-14-24-13-12-22/h2-6,8-10,23H,12-17H2,1H3/b3-2+. The van der Waals surface area contributed by atoms with Gasteiger partial charge in [-0.3, -0.25) is 0 Å². The first-order valence-corrected chi connectivity index (χ1v) is 8.56. The largest absolute Gasteiger partial charge is 0.483 e. The molecule has 138 valence electrons. The van der Waals surface area contributed by atoms with Crippen molar-refractivity contribution in [2.45, 2.75) is 0 Å². The van der Waals surface area contributed by atoms with Crippen molar-refractivity contribution in [3.63, 3.8) is 0 Å². The van der Waals surface area contributed by atoms with Gasteiger partial charge in [-0.15, -0.1) is 0 Å². The van der Waals surface area contributed by atoms with Gasteiger partial charge in [0.2, 0.25) is 0 Å². The van der Waals surface area contributed by atoms with Crippen LogP contribution in [0.15, 0.2) is 36.4 Å². The molecule has 0 amide bonds. The zero-order valence-corrected chi connectivity index (χ0v) is 15.0. The topological polar surface area (TPSA) is 39.7 Å². The molecular formula is C21H24FNO3. The number of halogens is 1.